The first kappa shape index (κ1) is 63.9. The highest BCUT2D eigenvalue weighted by atomic mass is 16.8. The number of hydrogen-bond donors (Lipinski definition) is 1. The van der Waals surface area contributed by atoms with Crippen LogP contribution in [0.3, 0.4) is 0 Å². The van der Waals surface area contributed by atoms with Crippen molar-refractivity contribution in [3.63, 3.8) is 0 Å². The molecule has 21 aliphatic heterocycles. The van der Waals surface area contributed by atoms with Crippen LogP contribution in [0.15, 0.2) is 0 Å². The lowest BCUT2D eigenvalue weighted by molar-refractivity contribution is -0.371. The van der Waals surface area contributed by atoms with Crippen molar-refractivity contribution in [2.45, 2.75) is 313 Å². The molecule has 21 heterocycles. The topological polar surface area (TPSA) is 154 Å². The van der Waals surface area contributed by atoms with Gasteiger partial charge in [-0.15, -0.1) is 0 Å². The van der Waals surface area contributed by atoms with E-state index >= 15 is 0 Å². The molecule has 0 aromatic heterocycles. The molecule has 0 aliphatic carbocycles. The fourth-order valence-electron chi connectivity index (χ4n) is 14.7. The zero-order valence-corrected chi connectivity index (χ0v) is 52.1. The van der Waals surface area contributed by atoms with Crippen molar-refractivity contribution in [1.29, 1.82) is 0 Å². The Morgan fingerprint density at radius 1 is 0.266 bits per heavy atom. The minimum atomic E-state index is -1.48. The normalized spacial score (nSPS) is 54.6. The van der Waals surface area contributed by atoms with Crippen LogP contribution in [0, 0.1) is 89.4 Å². The van der Waals surface area contributed by atoms with E-state index in [0.29, 0.717) is 12.8 Å². The Morgan fingerprint density at radius 3 is 0.608 bits per heavy atom. The molecule has 21 fully saturated rings. The predicted molar refractivity (Wildman–Crippen MR) is 297 cm³/mol. The number of aliphatic hydroxyl groups excluding tert-OH is 1. The summed E-state index contributed by atoms with van der Waals surface area (Å²) in [5.74, 6) is -0.00482. The summed E-state index contributed by atoms with van der Waals surface area (Å²) >= 11 is 0. The standard InChI is InChI=1S/C63H109NO15/c1-22-42-48-29(8)36(15)58(67-42)74-50-31(10)38(17)60(69-44(50)24-3)76-52-33(12)40(19)62(71-46(52)26-5)78-54-34(13)41(20)63(79-55(54)56(65)64-21)77-53-32(11)39(18)61(70-47(53)27-6)75-51-30(9)37(16)59(68-45(51)25-4)73-49-28(7)35(14)57(72-48)66-43(49)23-2/h28-63,65H,22-27H2,1-20H3/t28?,29?,30?,31?,32?,33?,34?,35?,36?,37?,38?,39?,40?,41?,42-,43-,44-,45-,46-,47-,48-,49-,50-,51-,52-,53-,54-,55+,56?,57-,58-,59-,60-,61-,62-,63+/m1/s1. The molecule has 14 bridgehead atoms. The summed E-state index contributed by atoms with van der Waals surface area (Å²) in [7, 11) is 0. The second kappa shape index (κ2) is 27.1. The van der Waals surface area contributed by atoms with Gasteiger partial charge in [-0.1, -0.05) is 138 Å². The Hall–Kier alpha value is -1.11. The maximum absolute atomic E-state index is 11.4. The Balaban J connectivity index is 1.09. The van der Waals surface area contributed by atoms with Gasteiger partial charge in [0.2, 0.25) is 0 Å². The molecule has 21 aliphatic rings. The van der Waals surface area contributed by atoms with Gasteiger partial charge in [-0.05, 0) is 80.0 Å². The summed E-state index contributed by atoms with van der Waals surface area (Å²) in [5.41, 5.74) is 0. The quantitative estimate of drug-likeness (QED) is 0.240. The maximum Gasteiger partial charge on any atom is 0.354 e. The van der Waals surface area contributed by atoms with Crippen molar-refractivity contribution < 1.29 is 71.4 Å². The van der Waals surface area contributed by atoms with Gasteiger partial charge in [0.1, 0.15) is 6.10 Å². The highest BCUT2D eigenvalue weighted by Gasteiger charge is 2.57. The Labute approximate surface area is 476 Å². The minimum Gasteiger partial charge on any atom is -0.346 e. The zero-order valence-electron chi connectivity index (χ0n) is 52.1. The number of rotatable bonds is 7. The Kier molecular flexibility index (Phi) is 21.9. The zero-order chi connectivity index (χ0) is 57.6. The van der Waals surface area contributed by atoms with Gasteiger partial charge in [-0.3, -0.25) is 4.85 Å². The van der Waals surface area contributed by atoms with Crippen LogP contribution >= 0.6 is 0 Å². The molecule has 0 radical (unpaired) electrons. The third-order valence-electron chi connectivity index (χ3n) is 22.0. The summed E-state index contributed by atoms with van der Waals surface area (Å²) in [5, 5.41) is 11.4. The van der Waals surface area contributed by atoms with Crippen LogP contribution in [0.25, 0.3) is 4.85 Å². The maximum atomic E-state index is 11.4. The first-order valence-electron chi connectivity index (χ1n) is 31.8. The lowest BCUT2D eigenvalue weighted by atomic mass is 9.80. The van der Waals surface area contributed by atoms with Gasteiger partial charge >= 0.3 is 6.23 Å². The molecule has 15 unspecified atom stereocenters. The SMILES string of the molecule is [C-]#[N+]C(O)[C@H]1O[C@@H]2O[C@@H]3C(C)C(C)[C@@H](O[C@@H]4C(C)C(C)[C@@H](O[C@@H]5C(C)C(C)[C@@H](O[C@@H]6C(C)C(C)[C@@H](O[C@@H]7C(C)C(C)[C@@H](O[C@@H]8C(C)C(C)[C@@H](O[C@@H]1C(C)C2C)O[C@@H]8CC)O[C@@H]7CC)O[C@@H]6CC)O[C@@H]5CC)O[C@@H]4CC)O[C@@H]3CC. The van der Waals surface area contributed by atoms with Gasteiger partial charge in [-0.2, -0.15) is 0 Å². The molecule has 79 heavy (non-hydrogen) atoms. The van der Waals surface area contributed by atoms with Crippen molar-refractivity contribution in [2.24, 2.45) is 82.9 Å². The number of ether oxygens (including phenoxy) is 14. The van der Waals surface area contributed by atoms with E-state index in [-0.39, 0.29) is 156 Å². The third kappa shape index (κ3) is 12.6. The number of nitrogens with zero attached hydrogens (tertiary/aromatic N) is 1. The molecule has 0 spiro atoms. The van der Waals surface area contributed by atoms with E-state index < -0.39 is 62.5 Å². The van der Waals surface area contributed by atoms with Crippen LogP contribution < -0.4 is 0 Å². The van der Waals surface area contributed by atoms with E-state index in [4.69, 9.17) is 72.9 Å². The third-order valence-corrected chi connectivity index (χ3v) is 22.0. The summed E-state index contributed by atoms with van der Waals surface area (Å²) in [6, 6.07) is 0. The molecular formula is C63H109NO15. The number of hydrogen-bond acceptors (Lipinski definition) is 15. The van der Waals surface area contributed by atoms with Crippen LogP contribution in [0.2, 0.25) is 0 Å². The molecule has 16 nitrogen and oxygen atoms in total. The summed E-state index contributed by atoms with van der Waals surface area (Å²) < 4.78 is 98.5. The fourth-order valence-corrected chi connectivity index (χ4v) is 14.7. The monoisotopic (exact) mass is 1120 g/mol. The molecule has 21 saturated heterocycles. The van der Waals surface area contributed by atoms with Gasteiger partial charge in [-0.25, -0.2) is 6.57 Å². The average molecular weight is 1120 g/mol. The summed E-state index contributed by atoms with van der Waals surface area (Å²) in [6.07, 6.45) is -5.36. The van der Waals surface area contributed by atoms with E-state index in [1.807, 2.05) is 0 Å². The van der Waals surface area contributed by atoms with E-state index in [0.717, 1.165) is 25.7 Å². The van der Waals surface area contributed by atoms with Gasteiger partial charge in [0, 0.05) is 41.4 Å². The number of aliphatic hydroxyl groups is 1. The second-order valence-electron chi connectivity index (χ2n) is 26.5. The smallest absolute Gasteiger partial charge is 0.346 e. The lowest BCUT2D eigenvalue weighted by Gasteiger charge is -2.52. The van der Waals surface area contributed by atoms with Crippen LogP contribution in [0.1, 0.15) is 177 Å². The fraction of sp³-hybridized carbons (Fsp3) is 0.984. The highest BCUT2D eigenvalue weighted by Crippen LogP contribution is 2.48. The first-order chi connectivity index (χ1) is 37.6. The van der Waals surface area contributed by atoms with Crippen molar-refractivity contribution in [3.05, 3.63) is 11.4 Å². The van der Waals surface area contributed by atoms with Crippen molar-refractivity contribution in [1.82, 2.24) is 0 Å². The minimum absolute atomic E-state index is 0.00236. The molecule has 0 saturated carbocycles. The van der Waals surface area contributed by atoms with Crippen molar-refractivity contribution in [2.75, 3.05) is 0 Å². The first-order valence-corrected chi connectivity index (χ1v) is 31.8. The molecule has 21 rings (SSSR count). The van der Waals surface area contributed by atoms with E-state index in [2.05, 4.69) is 143 Å². The molecular weight excluding hydrogens is 1010 g/mol. The van der Waals surface area contributed by atoms with Crippen molar-refractivity contribution >= 4 is 0 Å². The Morgan fingerprint density at radius 2 is 0.430 bits per heavy atom. The molecule has 456 valence electrons. The molecule has 1 N–H and O–H groups in total. The lowest BCUT2D eigenvalue weighted by Crippen LogP contribution is -2.61. The predicted octanol–water partition coefficient (Wildman–Crippen LogP) is 11.4. The van der Waals surface area contributed by atoms with Gasteiger partial charge < -0.3 is 71.4 Å². The Bertz CT molecular complexity index is 1930. The van der Waals surface area contributed by atoms with E-state index in [1.165, 1.54) is 0 Å². The average Bonchev–Trinajstić information content (AvgIpc) is 3.57. The highest BCUT2D eigenvalue weighted by molar-refractivity contribution is 4.99. The summed E-state index contributed by atoms with van der Waals surface area (Å²) in [6.45, 7) is 51.8. The van der Waals surface area contributed by atoms with Gasteiger partial charge in [0.05, 0.1) is 73.2 Å². The van der Waals surface area contributed by atoms with Crippen LogP contribution in [0.5, 0.6) is 0 Å². The van der Waals surface area contributed by atoms with Crippen LogP contribution in [-0.2, 0) is 66.3 Å². The van der Waals surface area contributed by atoms with E-state index in [1.54, 1.807) is 0 Å². The largest absolute Gasteiger partial charge is 0.354 e. The summed E-state index contributed by atoms with van der Waals surface area (Å²) in [4.78, 5) is 3.60. The molecule has 0 aromatic carbocycles. The van der Waals surface area contributed by atoms with Crippen LogP contribution in [-0.4, -0.2) is 141 Å². The molecule has 0 aromatic rings. The van der Waals surface area contributed by atoms with Crippen molar-refractivity contribution in [3.8, 4) is 0 Å². The van der Waals surface area contributed by atoms with Gasteiger partial charge in [0.25, 0.3) is 0 Å². The molecule has 16 heteroatoms. The molecule has 36 atom stereocenters. The van der Waals surface area contributed by atoms with Gasteiger partial charge in [0.15, 0.2) is 50.1 Å². The molecule has 0 amide bonds. The van der Waals surface area contributed by atoms with Crippen LogP contribution in [0.4, 0.5) is 0 Å². The second-order valence-corrected chi connectivity index (χ2v) is 26.5. The van der Waals surface area contributed by atoms with E-state index in [9.17, 15) is 5.11 Å².